The first-order chi connectivity index (χ1) is 16.8. The van der Waals surface area contributed by atoms with Gasteiger partial charge in [0, 0.05) is 11.3 Å². The summed E-state index contributed by atoms with van der Waals surface area (Å²) in [7, 11) is 1.53. The molecule has 0 bridgehead atoms. The van der Waals surface area contributed by atoms with Gasteiger partial charge in [0.05, 0.1) is 30.0 Å². The highest BCUT2D eigenvalue weighted by atomic mass is 16.5. The van der Waals surface area contributed by atoms with Gasteiger partial charge in [0.1, 0.15) is 5.75 Å². The van der Waals surface area contributed by atoms with Crippen LogP contribution in [0.4, 0.5) is 0 Å². The molecular formula is C28H25NO6. The monoisotopic (exact) mass is 471 g/mol. The normalized spacial score (nSPS) is 10.9. The highest BCUT2D eigenvalue weighted by Gasteiger charge is 2.30. The van der Waals surface area contributed by atoms with Crippen molar-refractivity contribution in [1.29, 1.82) is 0 Å². The van der Waals surface area contributed by atoms with Gasteiger partial charge in [-0.15, -0.1) is 0 Å². The Bertz CT molecular complexity index is 1350. The lowest BCUT2D eigenvalue weighted by Gasteiger charge is -2.13. The molecule has 0 saturated carbocycles. The summed E-state index contributed by atoms with van der Waals surface area (Å²) >= 11 is 0. The third-order valence-corrected chi connectivity index (χ3v) is 5.45. The van der Waals surface area contributed by atoms with Crippen LogP contribution in [0.5, 0.6) is 17.4 Å². The fourth-order valence-corrected chi connectivity index (χ4v) is 3.80. The minimum atomic E-state index is -0.534. The number of esters is 1. The predicted molar refractivity (Wildman–Crippen MR) is 132 cm³/mol. The molecule has 1 heterocycles. The number of methoxy groups -OCH3 is 1. The molecule has 2 N–H and O–H groups in total. The summed E-state index contributed by atoms with van der Waals surface area (Å²) in [5, 5.41) is 21.8. The van der Waals surface area contributed by atoms with Crippen LogP contribution in [0.2, 0.25) is 0 Å². The van der Waals surface area contributed by atoms with Crippen LogP contribution in [0, 0.1) is 0 Å². The van der Waals surface area contributed by atoms with Crippen molar-refractivity contribution in [2.75, 3.05) is 7.11 Å². The van der Waals surface area contributed by atoms with Crippen molar-refractivity contribution in [3.8, 4) is 34.3 Å². The Balaban J connectivity index is 1.87. The summed E-state index contributed by atoms with van der Waals surface area (Å²) in [6.07, 6.45) is -0.260. The lowest BCUT2D eigenvalue weighted by Crippen LogP contribution is -2.11. The molecule has 7 heteroatoms. The number of carbonyl (C=O) groups is 2. The summed E-state index contributed by atoms with van der Waals surface area (Å²) < 4.78 is 11.8. The van der Waals surface area contributed by atoms with Crippen LogP contribution in [-0.2, 0) is 4.74 Å². The highest BCUT2D eigenvalue weighted by Crippen LogP contribution is 2.44. The smallest absolute Gasteiger partial charge is 0.338 e. The van der Waals surface area contributed by atoms with E-state index in [1.54, 1.807) is 86.6 Å². The number of rotatable bonds is 7. The number of nitrogens with zero attached hydrogens (tertiary/aromatic N) is 1. The van der Waals surface area contributed by atoms with Gasteiger partial charge >= 0.3 is 5.97 Å². The first-order valence-electron chi connectivity index (χ1n) is 11.0. The average molecular weight is 472 g/mol. The van der Waals surface area contributed by atoms with Gasteiger partial charge in [-0.2, -0.15) is 0 Å². The van der Waals surface area contributed by atoms with E-state index in [4.69, 9.17) is 9.47 Å². The van der Waals surface area contributed by atoms with E-state index < -0.39 is 23.4 Å². The largest absolute Gasteiger partial charge is 0.503 e. The van der Waals surface area contributed by atoms with E-state index in [2.05, 4.69) is 0 Å². The van der Waals surface area contributed by atoms with E-state index >= 15 is 0 Å². The third-order valence-electron chi connectivity index (χ3n) is 5.45. The molecule has 7 nitrogen and oxygen atoms in total. The van der Waals surface area contributed by atoms with Crippen molar-refractivity contribution in [2.45, 2.75) is 20.0 Å². The summed E-state index contributed by atoms with van der Waals surface area (Å²) in [5.41, 5.74) is 2.01. The van der Waals surface area contributed by atoms with Gasteiger partial charge in [-0.3, -0.25) is 9.36 Å². The SMILES string of the molecule is COc1ccc(C(=O)c2c(O)c(O)n(-c3ccc(C(=O)OC(C)C)cc3)c2-c2ccccc2)cc1. The lowest BCUT2D eigenvalue weighted by molar-refractivity contribution is 0.0378. The van der Waals surface area contributed by atoms with Gasteiger partial charge in [-0.25, -0.2) is 4.79 Å². The lowest BCUT2D eigenvalue weighted by atomic mass is 9.99. The predicted octanol–water partition coefficient (Wildman–Crippen LogP) is 5.36. The summed E-state index contributed by atoms with van der Waals surface area (Å²) in [6.45, 7) is 3.53. The zero-order valence-electron chi connectivity index (χ0n) is 19.6. The summed E-state index contributed by atoms with van der Waals surface area (Å²) in [5.74, 6) is -1.36. The van der Waals surface area contributed by atoms with E-state index in [1.807, 2.05) is 6.07 Å². The maximum Gasteiger partial charge on any atom is 0.338 e. The van der Waals surface area contributed by atoms with Gasteiger partial charge in [-0.05, 0) is 67.9 Å². The Hall–Kier alpha value is -4.52. The second-order valence-electron chi connectivity index (χ2n) is 8.16. The Kier molecular flexibility index (Phi) is 6.59. The van der Waals surface area contributed by atoms with Gasteiger partial charge < -0.3 is 19.7 Å². The molecule has 178 valence electrons. The van der Waals surface area contributed by atoms with Gasteiger partial charge in [0.25, 0.3) is 0 Å². The molecular weight excluding hydrogens is 446 g/mol. The molecule has 35 heavy (non-hydrogen) atoms. The average Bonchev–Trinajstić information content (AvgIpc) is 3.14. The minimum absolute atomic E-state index is 0.0397. The number of hydrogen-bond acceptors (Lipinski definition) is 6. The first kappa shape index (κ1) is 23.6. The Morgan fingerprint density at radius 1 is 0.829 bits per heavy atom. The molecule has 0 aliphatic carbocycles. The van der Waals surface area contributed by atoms with Gasteiger partial charge in [-0.1, -0.05) is 30.3 Å². The maximum atomic E-state index is 13.5. The highest BCUT2D eigenvalue weighted by molar-refractivity contribution is 6.15. The molecule has 0 aliphatic rings. The van der Waals surface area contributed by atoms with Crippen molar-refractivity contribution < 1.29 is 29.3 Å². The standard InChI is InChI=1S/C28H25NO6/c1-17(2)35-28(33)20-9-13-21(14-10-20)29-24(18-7-5-4-6-8-18)23(26(31)27(29)32)25(30)19-11-15-22(34-3)16-12-19/h4-17,31-32H,1-3H3. The van der Waals surface area contributed by atoms with Crippen molar-refractivity contribution >= 4 is 11.8 Å². The number of hydrogen-bond donors (Lipinski definition) is 2. The van der Waals surface area contributed by atoms with Crippen LogP contribution in [0.25, 0.3) is 16.9 Å². The quantitative estimate of drug-likeness (QED) is 0.278. The molecule has 0 spiro atoms. The van der Waals surface area contributed by atoms with Crippen LogP contribution in [-0.4, -0.2) is 39.7 Å². The zero-order valence-corrected chi connectivity index (χ0v) is 19.6. The molecule has 0 fully saturated rings. The molecule has 1 aromatic heterocycles. The van der Waals surface area contributed by atoms with E-state index in [1.165, 1.54) is 11.7 Å². The van der Waals surface area contributed by atoms with Crippen molar-refractivity contribution in [3.05, 3.63) is 95.6 Å². The number of ether oxygens (including phenoxy) is 2. The molecule has 0 radical (unpaired) electrons. The zero-order chi connectivity index (χ0) is 25.1. The third kappa shape index (κ3) is 4.61. The van der Waals surface area contributed by atoms with Crippen LogP contribution in [0.15, 0.2) is 78.9 Å². The molecule has 0 unspecified atom stereocenters. The van der Waals surface area contributed by atoms with Gasteiger partial charge in [0.15, 0.2) is 11.5 Å². The van der Waals surface area contributed by atoms with Crippen LogP contribution in [0.3, 0.4) is 0 Å². The molecule has 0 amide bonds. The Morgan fingerprint density at radius 3 is 2.00 bits per heavy atom. The molecule has 4 aromatic rings. The molecule has 0 atom stereocenters. The van der Waals surface area contributed by atoms with Gasteiger partial charge in [0.2, 0.25) is 5.88 Å². The molecule has 4 rings (SSSR count). The fourth-order valence-electron chi connectivity index (χ4n) is 3.80. The number of aromatic nitrogens is 1. The van der Waals surface area contributed by atoms with Crippen LogP contribution >= 0.6 is 0 Å². The van der Waals surface area contributed by atoms with E-state index in [0.29, 0.717) is 33.8 Å². The molecule has 0 aliphatic heterocycles. The van der Waals surface area contributed by atoms with E-state index in [0.717, 1.165) is 0 Å². The number of benzene rings is 3. The Morgan fingerprint density at radius 2 is 1.43 bits per heavy atom. The van der Waals surface area contributed by atoms with Crippen LogP contribution < -0.4 is 4.74 Å². The number of aromatic hydroxyl groups is 2. The maximum absolute atomic E-state index is 13.5. The second kappa shape index (κ2) is 9.77. The van der Waals surface area contributed by atoms with Crippen molar-refractivity contribution in [2.24, 2.45) is 0 Å². The number of carbonyl (C=O) groups excluding carboxylic acids is 2. The number of ketones is 1. The Labute approximate surface area is 202 Å². The van der Waals surface area contributed by atoms with Crippen LogP contribution in [0.1, 0.15) is 40.1 Å². The van der Waals surface area contributed by atoms with Crippen molar-refractivity contribution in [3.63, 3.8) is 0 Å². The van der Waals surface area contributed by atoms with E-state index in [-0.39, 0.29) is 11.7 Å². The minimum Gasteiger partial charge on any atom is -0.503 e. The second-order valence-corrected chi connectivity index (χ2v) is 8.16. The fraction of sp³-hybridized carbons (Fsp3) is 0.143. The molecule has 3 aromatic carbocycles. The molecule has 0 saturated heterocycles. The van der Waals surface area contributed by atoms with E-state index in [9.17, 15) is 19.8 Å². The summed E-state index contributed by atoms with van der Waals surface area (Å²) in [4.78, 5) is 25.8. The first-order valence-corrected chi connectivity index (χ1v) is 11.0. The summed E-state index contributed by atoms with van der Waals surface area (Å²) in [6, 6.07) is 21.8. The topological polar surface area (TPSA) is 98.0 Å². The van der Waals surface area contributed by atoms with Crippen molar-refractivity contribution in [1.82, 2.24) is 4.57 Å².